The fourth-order valence-electron chi connectivity index (χ4n) is 3.43. The average molecular weight is 352 g/mol. The second kappa shape index (κ2) is 5.97. The van der Waals surface area contributed by atoms with Crippen LogP contribution >= 0.6 is 11.3 Å². The van der Waals surface area contributed by atoms with E-state index >= 15 is 0 Å². The van der Waals surface area contributed by atoms with Crippen molar-refractivity contribution in [1.29, 1.82) is 5.26 Å². The van der Waals surface area contributed by atoms with Crippen LogP contribution in [0.1, 0.15) is 46.9 Å². The molecule has 0 saturated heterocycles. The van der Waals surface area contributed by atoms with Crippen molar-refractivity contribution in [3.63, 3.8) is 0 Å². The molecule has 4 rings (SSSR count). The first-order valence-electron chi connectivity index (χ1n) is 8.12. The molecule has 0 saturated carbocycles. The molecule has 0 spiro atoms. The molecule has 25 heavy (non-hydrogen) atoms. The Balaban J connectivity index is 1.89. The normalized spacial score (nSPS) is 16.4. The molecule has 1 aromatic carbocycles. The highest BCUT2D eigenvalue weighted by atomic mass is 32.1. The summed E-state index contributed by atoms with van der Waals surface area (Å²) in [4.78, 5) is 21.1. The Morgan fingerprint density at radius 3 is 3.08 bits per heavy atom. The van der Waals surface area contributed by atoms with Gasteiger partial charge < -0.3 is 9.30 Å². The lowest BCUT2D eigenvalue weighted by Gasteiger charge is -2.22. The lowest BCUT2D eigenvalue weighted by atomic mass is 10.0. The highest BCUT2D eigenvalue weighted by Gasteiger charge is 2.23. The van der Waals surface area contributed by atoms with Crippen molar-refractivity contribution in [3.8, 4) is 16.6 Å². The van der Waals surface area contributed by atoms with Crippen molar-refractivity contribution in [2.24, 2.45) is 0 Å². The smallest absolute Gasteiger partial charge is 0.349 e. The Hall–Kier alpha value is -2.72. The van der Waals surface area contributed by atoms with Gasteiger partial charge in [-0.1, -0.05) is 0 Å². The number of esters is 1. The van der Waals surface area contributed by atoms with Crippen LogP contribution in [0.3, 0.4) is 0 Å². The van der Waals surface area contributed by atoms with Crippen molar-refractivity contribution in [2.45, 2.75) is 32.2 Å². The number of ether oxygens (including phenoxy) is 1. The zero-order chi connectivity index (χ0) is 17.6. The van der Waals surface area contributed by atoms with Crippen molar-refractivity contribution < 1.29 is 9.53 Å². The lowest BCUT2D eigenvalue weighted by molar-refractivity contribution is 0.0606. The van der Waals surface area contributed by atoms with Crippen LogP contribution < -0.4 is 0 Å². The second-order valence-corrected chi connectivity index (χ2v) is 7.19. The van der Waals surface area contributed by atoms with E-state index in [0.717, 1.165) is 41.7 Å². The van der Waals surface area contributed by atoms with Gasteiger partial charge in [-0.2, -0.15) is 5.26 Å². The Morgan fingerprint density at radius 2 is 2.32 bits per heavy atom. The molecule has 0 aliphatic carbocycles. The van der Waals surface area contributed by atoms with Gasteiger partial charge in [0.2, 0.25) is 0 Å². The minimum atomic E-state index is -0.406. The minimum absolute atomic E-state index is 0.345. The zero-order valence-corrected chi connectivity index (χ0v) is 14.8. The molecule has 1 aliphatic heterocycles. The molecule has 0 N–H and O–H groups in total. The quantitative estimate of drug-likeness (QED) is 0.657. The Morgan fingerprint density at radius 1 is 1.48 bits per heavy atom. The van der Waals surface area contributed by atoms with Crippen molar-refractivity contribution in [2.75, 3.05) is 7.11 Å². The molecule has 0 fully saturated rings. The van der Waals surface area contributed by atoms with Crippen molar-refractivity contribution >= 4 is 28.3 Å². The number of methoxy groups -OCH3 is 1. The number of hydrogen-bond donors (Lipinski definition) is 0. The van der Waals surface area contributed by atoms with E-state index in [-0.39, 0.29) is 0 Å². The molecule has 0 amide bonds. The maximum atomic E-state index is 11.6. The SMILES string of the molecule is COC(=O)c1cnc(-c2cc(C#N)c3c(c2)nc2n3C(C)CCC2)s1. The van der Waals surface area contributed by atoms with Crippen LogP contribution in [0.15, 0.2) is 18.3 Å². The van der Waals surface area contributed by atoms with E-state index in [1.807, 2.05) is 12.1 Å². The summed E-state index contributed by atoms with van der Waals surface area (Å²) < 4.78 is 6.93. The summed E-state index contributed by atoms with van der Waals surface area (Å²) in [6.07, 6.45) is 4.65. The molecule has 1 unspecified atom stereocenters. The van der Waals surface area contributed by atoms with Gasteiger partial charge in [0.05, 0.1) is 29.9 Å². The number of benzene rings is 1. The van der Waals surface area contributed by atoms with E-state index in [2.05, 4.69) is 22.5 Å². The number of carbonyl (C=O) groups excluding carboxylic acids is 1. The average Bonchev–Trinajstić information content (AvgIpc) is 3.25. The highest BCUT2D eigenvalue weighted by Crippen LogP contribution is 2.35. The molecule has 1 aliphatic rings. The Kier molecular flexibility index (Phi) is 3.77. The number of aryl methyl sites for hydroxylation is 1. The van der Waals surface area contributed by atoms with Gasteiger partial charge in [-0.3, -0.25) is 0 Å². The number of thiazole rings is 1. The van der Waals surface area contributed by atoms with Crippen molar-refractivity contribution in [3.05, 3.63) is 34.6 Å². The van der Waals surface area contributed by atoms with Crippen LogP contribution in [-0.4, -0.2) is 27.6 Å². The van der Waals surface area contributed by atoms with E-state index in [9.17, 15) is 10.1 Å². The van der Waals surface area contributed by atoms with Crippen LogP contribution in [0.4, 0.5) is 0 Å². The number of aromatic nitrogens is 3. The summed E-state index contributed by atoms with van der Waals surface area (Å²) in [5.41, 5.74) is 3.10. The summed E-state index contributed by atoms with van der Waals surface area (Å²) in [7, 11) is 1.35. The van der Waals surface area contributed by atoms with Gasteiger partial charge in [-0.25, -0.2) is 14.8 Å². The van der Waals surface area contributed by atoms with Gasteiger partial charge in [-0.05, 0) is 31.9 Å². The third-order valence-electron chi connectivity index (χ3n) is 4.58. The molecule has 0 bridgehead atoms. The molecule has 0 radical (unpaired) electrons. The third-order valence-corrected chi connectivity index (χ3v) is 5.61. The first-order chi connectivity index (χ1) is 12.1. The van der Waals surface area contributed by atoms with E-state index in [4.69, 9.17) is 9.72 Å². The number of nitriles is 1. The molecule has 2 aromatic heterocycles. The third kappa shape index (κ3) is 2.50. The predicted molar refractivity (Wildman–Crippen MR) is 94.5 cm³/mol. The Bertz CT molecular complexity index is 1030. The van der Waals surface area contributed by atoms with Gasteiger partial charge in [0.1, 0.15) is 21.8 Å². The van der Waals surface area contributed by atoms with Crippen LogP contribution in [-0.2, 0) is 11.2 Å². The van der Waals surface area contributed by atoms with Gasteiger partial charge in [0.25, 0.3) is 0 Å². The lowest BCUT2D eigenvalue weighted by Crippen LogP contribution is -2.15. The Labute approximate surface area is 148 Å². The second-order valence-electron chi connectivity index (χ2n) is 6.16. The maximum Gasteiger partial charge on any atom is 0.349 e. The van der Waals surface area contributed by atoms with Gasteiger partial charge >= 0.3 is 5.97 Å². The number of carbonyl (C=O) groups is 1. The molecule has 1 atom stereocenters. The minimum Gasteiger partial charge on any atom is -0.465 e. The molecule has 6 nitrogen and oxygen atoms in total. The molecular weight excluding hydrogens is 336 g/mol. The van der Waals surface area contributed by atoms with Gasteiger partial charge in [0.15, 0.2) is 0 Å². The molecular formula is C18H16N4O2S. The summed E-state index contributed by atoms with van der Waals surface area (Å²) in [6, 6.07) is 6.43. The first-order valence-corrected chi connectivity index (χ1v) is 8.93. The molecule has 3 aromatic rings. The van der Waals surface area contributed by atoms with E-state index in [0.29, 0.717) is 21.5 Å². The van der Waals surface area contributed by atoms with E-state index in [1.54, 1.807) is 0 Å². The number of imidazole rings is 1. The van der Waals surface area contributed by atoms with Gasteiger partial charge in [-0.15, -0.1) is 11.3 Å². The predicted octanol–water partition coefficient (Wildman–Crippen LogP) is 3.72. The molecule has 7 heteroatoms. The standard InChI is InChI=1S/C18H16N4O2S/c1-10-4-3-5-15-21-13-7-11(6-12(8-19)16(13)22(10)15)17-20-9-14(25-17)18(23)24-2/h6-7,9-10H,3-5H2,1-2H3. The highest BCUT2D eigenvalue weighted by molar-refractivity contribution is 7.16. The van der Waals surface area contributed by atoms with E-state index in [1.165, 1.54) is 24.6 Å². The summed E-state index contributed by atoms with van der Waals surface area (Å²) in [5, 5.41) is 10.3. The number of fused-ring (bicyclic) bond motifs is 3. The summed E-state index contributed by atoms with van der Waals surface area (Å²) in [6.45, 7) is 2.17. The first kappa shape index (κ1) is 15.8. The number of nitrogens with zero attached hydrogens (tertiary/aromatic N) is 4. The van der Waals surface area contributed by atoms with Crippen LogP contribution in [0.2, 0.25) is 0 Å². The van der Waals surface area contributed by atoms with Crippen LogP contribution in [0.5, 0.6) is 0 Å². The topological polar surface area (TPSA) is 80.8 Å². The number of hydrogen-bond acceptors (Lipinski definition) is 6. The fraction of sp³-hybridized carbons (Fsp3) is 0.333. The maximum absolute atomic E-state index is 11.6. The zero-order valence-electron chi connectivity index (χ0n) is 13.9. The summed E-state index contributed by atoms with van der Waals surface area (Å²) in [5.74, 6) is 0.633. The monoisotopic (exact) mass is 352 g/mol. The van der Waals surface area contributed by atoms with Gasteiger partial charge in [0, 0.05) is 18.0 Å². The van der Waals surface area contributed by atoms with E-state index < -0.39 is 5.97 Å². The largest absolute Gasteiger partial charge is 0.465 e. The summed E-state index contributed by atoms with van der Waals surface area (Å²) >= 11 is 1.25. The van der Waals surface area contributed by atoms with Crippen LogP contribution in [0.25, 0.3) is 21.6 Å². The number of rotatable bonds is 2. The fourth-order valence-corrected chi connectivity index (χ4v) is 4.25. The molecule has 3 heterocycles. The van der Waals surface area contributed by atoms with Crippen molar-refractivity contribution in [1.82, 2.24) is 14.5 Å². The molecule has 126 valence electrons. The van der Waals surface area contributed by atoms with Crippen LogP contribution in [0, 0.1) is 11.3 Å².